The van der Waals surface area contributed by atoms with E-state index in [1.807, 2.05) is 0 Å². The molecule has 0 spiro atoms. The minimum atomic E-state index is -3.77. The first kappa shape index (κ1) is 15.4. The summed E-state index contributed by atoms with van der Waals surface area (Å²) in [6.45, 7) is 0. The van der Waals surface area contributed by atoms with Crippen LogP contribution in [-0.2, 0) is 10.0 Å². The summed E-state index contributed by atoms with van der Waals surface area (Å²) in [7, 11) is -3.77. The van der Waals surface area contributed by atoms with Crippen LogP contribution in [0.5, 0.6) is 0 Å². The number of nitrogens with one attached hydrogen (secondary N) is 1. The van der Waals surface area contributed by atoms with Crippen molar-refractivity contribution in [2.24, 2.45) is 0 Å². The molecular weight excluding hydrogens is 387 g/mol. The maximum Gasteiger partial charge on any atom is 0.261 e. The van der Waals surface area contributed by atoms with E-state index in [2.05, 4.69) is 20.7 Å². The Morgan fingerprint density at radius 1 is 1.05 bits per heavy atom. The number of anilines is 2. The van der Waals surface area contributed by atoms with Crippen molar-refractivity contribution in [1.82, 2.24) is 0 Å². The second kappa shape index (κ2) is 5.81. The summed E-state index contributed by atoms with van der Waals surface area (Å²) in [5.41, 5.74) is 6.53. The summed E-state index contributed by atoms with van der Waals surface area (Å²) < 4.78 is 27.5. The van der Waals surface area contributed by atoms with Gasteiger partial charge < -0.3 is 5.73 Å². The zero-order chi connectivity index (χ0) is 14.9. The lowest BCUT2D eigenvalue weighted by Crippen LogP contribution is -2.13. The SMILES string of the molecule is Nc1ccc(NS(=O)(=O)c2cc(Cl)cc(Cl)c2)cc1Br. The smallest absolute Gasteiger partial charge is 0.261 e. The van der Waals surface area contributed by atoms with Gasteiger partial charge >= 0.3 is 0 Å². The largest absolute Gasteiger partial charge is 0.398 e. The topological polar surface area (TPSA) is 72.2 Å². The van der Waals surface area contributed by atoms with Crippen LogP contribution in [0.15, 0.2) is 45.8 Å². The number of hydrogen-bond acceptors (Lipinski definition) is 3. The molecule has 0 radical (unpaired) electrons. The van der Waals surface area contributed by atoms with E-state index in [0.717, 1.165) is 0 Å². The molecule has 2 aromatic rings. The predicted molar refractivity (Wildman–Crippen MR) is 85.8 cm³/mol. The van der Waals surface area contributed by atoms with Crippen molar-refractivity contribution in [3.8, 4) is 0 Å². The van der Waals surface area contributed by atoms with E-state index in [9.17, 15) is 8.42 Å². The molecule has 0 heterocycles. The van der Waals surface area contributed by atoms with E-state index in [-0.39, 0.29) is 14.9 Å². The fourth-order valence-electron chi connectivity index (χ4n) is 1.49. The lowest BCUT2D eigenvalue weighted by atomic mass is 10.3. The molecule has 0 fully saturated rings. The molecule has 0 saturated carbocycles. The van der Waals surface area contributed by atoms with Crippen molar-refractivity contribution in [2.45, 2.75) is 4.90 Å². The van der Waals surface area contributed by atoms with Gasteiger partial charge in [0.15, 0.2) is 0 Å². The molecule has 0 saturated heterocycles. The van der Waals surface area contributed by atoms with Gasteiger partial charge in [-0.25, -0.2) is 8.42 Å². The van der Waals surface area contributed by atoms with Gasteiger partial charge in [0.05, 0.1) is 10.6 Å². The third-order valence-electron chi connectivity index (χ3n) is 2.40. The van der Waals surface area contributed by atoms with Crippen molar-refractivity contribution < 1.29 is 8.42 Å². The number of halogens is 3. The Morgan fingerprint density at radius 3 is 2.20 bits per heavy atom. The molecule has 0 unspecified atom stereocenters. The molecule has 0 atom stereocenters. The molecule has 0 aliphatic heterocycles. The number of benzene rings is 2. The highest BCUT2D eigenvalue weighted by Gasteiger charge is 2.16. The Bertz CT molecular complexity index is 746. The van der Waals surface area contributed by atoms with Crippen LogP contribution in [0.2, 0.25) is 10.0 Å². The van der Waals surface area contributed by atoms with Gasteiger partial charge in [0.2, 0.25) is 0 Å². The Balaban J connectivity index is 2.37. The maximum atomic E-state index is 12.2. The Kier molecular flexibility index (Phi) is 4.49. The molecule has 2 aromatic carbocycles. The Hall–Kier alpha value is -0.950. The van der Waals surface area contributed by atoms with Gasteiger partial charge in [-0.3, -0.25) is 4.72 Å². The fourth-order valence-corrected chi connectivity index (χ4v) is 3.64. The fraction of sp³-hybridized carbons (Fsp3) is 0. The first-order chi connectivity index (χ1) is 9.28. The standard InChI is InChI=1S/C12H9BrCl2N2O2S/c13-11-6-9(1-2-12(11)16)17-20(18,19)10-4-7(14)3-8(15)5-10/h1-6,17H,16H2. The van der Waals surface area contributed by atoms with Crippen molar-refractivity contribution in [3.63, 3.8) is 0 Å². The highest BCUT2D eigenvalue weighted by atomic mass is 79.9. The molecule has 4 nitrogen and oxygen atoms in total. The number of rotatable bonds is 3. The van der Waals surface area contributed by atoms with Crippen molar-refractivity contribution in [1.29, 1.82) is 0 Å². The van der Waals surface area contributed by atoms with Crippen LogP contribution in [0.4, 0.5) is 11.4 Å². The zero-order valence-corrected chi connectivity index (χ0v) is 13.8. The quantitative estimate of drug-likeness (QED) is 0.767. The number of hydrogen-bond donors (Lipinski definition) is 2. The molecule has 106 valence electrons. The molecule has 0 aliphatic rings. The van der Waals surface area contributed by atoms with E-state index < -0.39 is 10.0 Å². The average Bonchev–Trinajstić information content (AvgIpc) is 2.32. The normalized spacial score (nSPS) is 11.3. The van der Waals surface area contributed by atoms with Gasteiger partial charge in [0.1, 0.15) is 0 Å². The maximum absolute atomic E-state index is 12.2. The van der Waals surface area contributed by atoms with E-state index >= 15 is 0 Å². The molecule has 20 heavy (non-hydrogen) atoms. The van der Waals surface area contributed by atoms with Crippen LogP contribution >= 0.6 is 39.1 Å². The summed E-state index contributed by atoms with van der Waals surface area (Å²) in [5.74, 6) is 0. The molecule has 0 amide bonds. The first-order valence-corrected chi connectivity index (χ1v) is 8.35. The van der Waals surface area contributed by atoms with Gasteiger partial charge in [-0.1, -0.05) is 23.2 Å². The molecule has 0 aliphatic carbocycles. The number of sulfonamides is 1. The number of nitrogen functional groups attached to an aromatic ring is 1. The van der Waals surface area contributed by atoms with Crippen molar-refractivity contribution in [3.05, 3.63) is 50.9 Å². The van der Waals surface area contributed by atoms with E-state index in [0.29, 0.717) is 15.8 Å². The monoisotopic (exact) mass is 394 g/mol. The van der Waals surface area contributed by atoms with Crippen molar-refractivity contribution >= 4 is 60.5 Å². The number of nitrogens with two attached hydrogens (primary N) is 1. The van der Waals surface area contributed by atoms with Crippen LogP contribution in [0.3, 0.4) is 0 Å². The third-order valence-corrected chi connectivity index (χ3v) is 4.88. The van der Waals surface area contributed by atoms with Crippen LogP contribution in [0.1, 0.15) is 0 Å². The van der Waals surface area contributed by atoms with Crippen LogP contribution in [0.25, 0.3) is 0 Å². The molecule has 3 N–H and O–H groups in total. The highest BCUT2D eigenvalue weighted by molar-refractivity contribution is 9.10. The van der Waals surface area contributed by atoms with Gasteiger partial charge in [-0.2, -0.15) is 0 Å². The van der Waals surface area contributed by atoms with E-state index in [1.54, 1.807) is 18.2 Å². The van der Waals surface area contributed by atoms with Gasteiger partial charge in [0.25, 0.3) is 10.0 Å². The highest BCUT2D eigenvalue weighted by Crippen LogP contribution is 2.27. The molecular formula is C12H9BrCl2N2O2S. The summed E-state index contributed by atoms with van der Waals surface area (Å²) >= 11 is 14.8. The molecule has 0 bridgehead atoms. The van der Waals surface area contributed by atoms with E-state index in [4.69, 9.17) is 28.9 Å². The van der Waals surface area contributed by atoms with E-state index in [1.165, 1.54) is 18.2 Å². The summed E-state index contributed by atoms with van der Waals surface area (Å²) in [5, 5.41) is 0.493. The molecule has 0 aromatic heterocycles. The Labute approximate surface area is 135 Å². The first-order valence-electron chi connectivity index (χ1n) is 5.32. The lowest BCUT2D eigenvalue weighted by Gasteiger charge is -2.10. The van der Waals surface area contributed by atoms with Gasteiger partial charge in [-0.05, 0) is 52.3 Å². The lowest BCUT2D eigenvalue weighted by molar-refractivity contribution is 0.601. The molecule has 2 rings (SSSR count). The summed E-state index contributed by atoms with van der Waals surface area (Å²) in [6.07, 6.45) is 0. The predicted octanol–water partition coefficient (Wildman–Crippen LogP) is 4.14. The minimum absolute atomic E-state index is 0.0112. The zero-order valence-electron chi connectivity index (χ0n) is 9.90. The van der Waals surface area contributed by atoms with Gasteiger partial charge in [0, 0.05) is 20.2 Å². The van der Waals surface area contributed by atoms with Crippen LogP contribution < -0.4 is 10.5 Å². The summed E-state index contributed by atoms with van der Waals surface area (Å²) in [6, 6.07) is 8.82. The van der Waals surface area contributed by atoms with Crippen LogP contribution in [-0.4, -0.2) is 8.42 Å². The Morgan fingerprint density at radius 2 is 1.65 bits per heavy atom. The average molecular weight is 396 g/mol. The molecule has 8 heteroatoms. The summed E-state index contributed by atoms with van der Waals surface area (Å²) in [4.78, 5) is -0.0112. The van der Waals surface area contributed by atoms with Crippen molar-refractivity contribution in [2.75, 3.05) is 10.5 Å². The van der Waals surface area contributed by atoms with Gasteiger partial charge in [-0.15, -0.1) is 0 Å². The van der Waals surface area contributed by atoms with Crippen LogP contribution in [0, 0.1) is 0 Å². The third kappa shape index (κ3) is 3.58. The second-order valence-corrected chi connectivity index (χ2v) is 7.36. The second-order valence-electron chi connectivity index (χ2n) is 3.95. The minimum Gasteiger partial charge on any atom is -0.398 e.